The molecule has 5 nitrogen and oxygen atoms in total. The highest BCUT2D eigenvalue weighted by atomic mass is 32.2. The molecule has 1 unspecified atom stereocenters. The average molecular weight is 316 g/mol. The van der Waals surface area contributed by atoms with E-state index in [1.165, 1.54) is 6.07 Å². The normalized spacial score (nSPS) is 13.2. The van der Waals surface area contributed by atoms with E-state index in [-0.39, 0.29) is 16.0 Å². The molecule has 1 atom stereocenters. The summed E-state index contributed by atoms with van der Waals surface area (Å²) < 4.78 is 37.7. The molecule has 0 amide bonds. The van der Waals surface area contributed by atoms with Crippen LogP contribution in [-0.4, -0.2) is 19.9 Å². The van der Waals surface area contributed by atoms with E-state index in [0.29, 0.717) is 11.5 Å². The number of aryl methyl sites for hydroxylation is 1. The third kappa shape index (κ3) is 4.03. The predicted molar refractivity (Wildman–Crippen MR) is 70.9 cm³/mol. The standard InChI is InChI=1S/C12H11F3N4OS/c1-6-5-9(20)19-10(17-6)7(2)21-11-16-4-3-8(18-11)12(13,14)15/h3-5,7H,1-2H3,(H,17,19,20). The fraction of sp³-hybridized carbons (Fsp3) is 0.333. The third-order valence-electron chi connectivity index (χ3n) is 2.48. The van der Waals surface area contributed by atoms with Crippen LogP contribution in [0.1, 0.15) is 29.4 Å². The van der Waals surface area contributed by atoms with E-state index in [1.54, 1.807) is 13.8 Å². The van der Waals surface area contributed by atoms with E-state index < -0.39 is 11.9 Å². The van der Waals surface area contributed by atoms with Gasteiger partial charge in [0.2, 0.25) is 0 Å². The van der Waals surface area contributed by atoms with E-state index >= 15 is 0 Å². The van der Waals surface area contributed by atoms with Gasteiger partial charge < -0.3 is 4.98 Å². The molecule has 112 valence electrons. The number of hydrogen-bond acceptors (Lipinski definition) is 5. The Morgan fingerprint density at radius 3 is 2.67 bits per heavy atom. The van der Waals surface area contributed by atoms with Gasteiger partial charge >= 0.3 is 6.18 Å². The zero-order valence-electron chi connectivity index (χ0n) is 11.1. The Kier molecular flexibility index (Phi) is 4.31. The van der Waals surface area contributed by atoms with E-state index in [0.717, 1.165) is 24.0 Å². The van der Waals surface area contributed by atoms with Gasteiger partial charge in [0.1, 0.15) is 11.5 Å². The van der Waals surface area contributed by atoms with E-state index in [4.69, 9.17) is 0 Å². The number of H-pyrrole nitrogens is 1. The Morgan fingerprint density at radius 2 is 2.05 bits per heavy atom. The van der Waals surface area contributed by atoms with Gasteiger partial charge in [-0.05, 0) is 19.9 Å². The molecule has 0 saturated heterocycles. The zero-order chi connectivity index (χ0) is 15.6. The van der Waals surface area contributed by atoms with Crippen molar-refractivity contribution in [3.05, 3.63) is 45.9 Å². The minimum atomic E-state index is -4.52. The van der Waals surface area contributed by atoms with Crippen LogP contribution in [0.5, 0.6) is 0 Å². The van der Waals surface area contributed by atoms with Crippen LogP contribution in [-0.2, 0) is 6.18 Å². The van der Waals surface area contributed by atoms with Gasteiger partial charge in [-0.3, -0.25) is 4.79 Å². The summed E-state index contributed by atoms with van der Waals surface area (Å²) in [5, 5.41) is -0.414. The van der Waals surface area contributed by atoms with Gasteiger partial charge in [-0.25, -0.2) is 15.0 Å². The second kappa shape index (κ2) is 5.84. The van der Waals surface area contributed by atoms with Crippen molar-refractivity contribution in [1.29, 1.82) is 0 Å². The van der Waals surface area contributed by atoms with Crippen LogP contribution in [0.3, 0.4) is 0 Å². The summed E-state index contributed by atoms with van der Waals surface area (Å²) in [5.41, 5.74) is -0.779. The quantitative estimate of drug-likeness (QED) is 0.696. The largest absolute Gasteiger partial charge is 0.433 e. The van der Waals surface area contributed by atoms with Crippen molar-refractivity contribution in [1.82, 2.24) is 19.9 Å². The van der Waals surface area contributed by atoms with Gasteiger partial charge in [-0.15, -0.1) is 0 Å². The van der Waals surface area contributed by atoms with Crippen molar-refractivity contribution in [3.8, 4) is 0 Å². The molecule has 0 aliphatic rings. The van der Waals surface area contributed by atoms with Crippen molar-refractivity contribution < 1.29 is 13.2 Å². The van der Waals surface area contributed by atoms with Gasteiger partial charge in [0.05, 0.1) is 5.25 Å². The molecule has 0 fully saturated rings. The second-order valence-corrected chi connectivity index (χ2v) is 5.56. The van der Waals surface area contributed by atoms with Crippen molar-refractivity contribution in [2.24, 2.45) is 0 Å². The van der Waals surface area contributed by atoms with Gasteiger partial charge in [-0.1, -0.05) is 11.8 Å². The maximum Gasteiger partial charge on any atom is 0.433 e. The van der Waals surface area contributed by atoms with Crippen LogP contribution in [0.15, 0.2) is 28.3 Å². The number of aromatic nitrogens is 4. The molecule has 1 N–H and O–H groups in total. The minimum Gasteiger partial charge on any atom is -0.310 e. The molecular weight excluding hydrogens is 305 g/mol. The maximum absolute atomic E-state index is 12.6. The number of rotatable bonds is 3. The van der Waals surface area contributed by atoms with Crippen LogP contribution in [0.25, 0.3) is 0 Å². The molecular formula is C12H11F3N4OS. The lowest BCUT2D eigenvalue weighted by Crippen LogP contribution is -2.13. The maximum atomic E-state index is 12.6. The highest BCUT2D eigenvalue weighted by Gasteiger charge is 2.33. The zero-order valence-corrected chi connectivity index (χ0v) is 11.9. The van der Waals surface area contributed by atoms with Crippen LogP contribution in [0, 0.1) is 6.92 Å². The molecule has 0 saturated carbocycles. The molecule has 2 aromatic heterocycles. The first-order valence-electron chi connectivity index (χ1n) is 5.90. The molecule has 2 aromatic rings. The van der Waals surface area contributed by atoms with E-state index in [2.05, 4.69) is 19.9 Å². The number of thioether (sulfide) groups is 1. The summed E-state index contributed by atoms with van der Waals surface area (Å²) >= 11 is 0.989. The number of alkyl halides is 3. The summed E-state index contributed by atoms with van der Waals surface area (Å²) in [5.74, 6) is 0.367. The second-order valence-electron chi connectivity index (χ2n) is 4.25. The number of aromatic amines is 1. The number of nitrogens with one attached hydrogen (secondary N) is 1. The highest BCUT2D eigenvalue weighted by molar-refractivity contribution is 7.99. The summed E-state index contributed by atoms with van der Waals surface area (Å²) in [7, 11) is 0. The number of nitrogens with zero attached hydrogens (tertiary/aromatic N) is 3. The lowest BCUT2D eigenvalue weighted by molar-refractivity contribution is -0.141. The first kappa shape index (κ1) is 15.5. The monoisotopic (exact) mass is 316 g/mol. The molecule has 0 bridgehead atoms. The van der Waals surface area contributed by atoms with Crippen molar-refractivity contribution in [2.75, 3.05) is 0 Å². The highest BCUT2D eigenvalue weighted by Crippen LogP contribution is 2.33. The van der Waals surface area contributed by atoms with Crippen LogP contribution in [0.4, 0.5) is 13.2 Å². The first-order valence-corrected chi connectivity index (χ1v) is 6.78. The summed E-state index contributed by atoms with van der Waals surface area (Å²) in [6, 6.07) is 2.14. The summed E-state index contributed by atoms with van der Waals surface area (Å²) in [6.45, 7) is 3.36. The SMILES string of the molecule is Cc1cc(=O)[nH]c(C(C)Sc2nccc(C(F)(F)F)n2)n1. The van der Waals surface area contributed by atoms with Crippen LogP contribution >= 0.6 is 11.8 Å². The molecule has 2 heterocycles. The fourth-order valence-corrected chi connectivity index (χ4v) is 2.38. The molecule has 2 rings (SSSR count). The molecule has 21 heavy (non-hydrogen) atoms. The lowest BCUT2D eigenvalue weighted by atomic mass is 10.4. The summed E-state index contributed by atoms with van der Waals surface area (Å²) in [6.07, 6.45) is -3.46. The molecule has 0 aliphatic carbocycles. The van der Waals surface area contributed by atoms with Gasteiger partial charge in [0, 0.05) is 18.0 Å². The molecule has 0 aliphatic heterocycles. The molecule has 0 radical (unpaired) electrons. The van der Waals surface area contributed by atoms with Crippen molar-refractivity contribution in [2.45, 2.75) is 30.4 Å². The topological polar surface area (TPSA) is 71.5 Å². The van der Waals surface area contributed by atoms with Crippen LogP contribution < -0.4 is 5.56 Å². The van der Waals surface area contributed by atoms with E-state index in [9.17, 15) is 18.0 Å². The molecule has 0 aromatic carbocycles. The van der Waals surface area contributed by atoms with Crippen molar-refractivity contribution in [3.63, 3.8) is 0 Å². The number of hydrogen-bond donors (Lipinski definition) is 1. The predicted octanol–water partition coefficient (Wildman–Crippen LogP) is 2.74. The number of halogens is 3. The lowest BCUT2D eigenvalue weighted by Gasteiger charge is -2.11. The van der Waals surface area contributed by atoms with Gasteiger partial charge in [-0.2, -0.15) is 13.2 Å². The summed E-state index contributed by atoms with van der Waals surface area (Å²) in [4.78, 5) is 25.3. The Balaban J connectivity index is 2.23. The Bertz CT molecular complexity index is 701. The minimum absolute atomic E-state index is 0.0264. The average Bonchev–Trinajstić information content (AvgIpc) is 2.37. The fourth-order valence-electron chi connectivity index (χ4n) is 1.56. The Labute approximate surface area is 122 Å². The third-order valence-corrected chi connectivity index (χ3v) is 3.46. The van der Waals surface area contributed by atoms with Gasteiger partial charge in [0.15, 0.2) is 5.16 Å². The Morgan fingerprint density at radius 1 is 1.33 bits per heavy atom. The van der Waals surface area contributed by atoms with Crippen LogP contribution in [0.2, 0.25) is 0 Å². The van der Waals surface area contributed by atoms with E-state index in [1.807, 2.05) is 0 Å². The van der Waals surface area contributed by atoms with Crippen molar-refractivity contribution >= 4 is 11.8 Å². The smallest absolute Gasteiger partial charge is 0.310 e. The van der Waals surface area contributed by atoms with Gasteiger partial charge in [0.25, 0.3) is 5.56 Å². The molecule has 9 heteroatoms. The molecule has 0 spiro atoms. The first-order chi connectivity index (χ1) is 9.75. The Hall–Kier alpha value is -1.90.